The Balaban J connectivity index is 2.01. The maximum Gasteiger partial charge on any atom is 0.173 e. The average molecular weight is 309 g/mol. The number of para-hydroxylation sites is 1. The Hall–Kier alpha value is -1.65. The zero-order chi connectivity index (χ0) is 14.5. The van der Waals surface area contributed by atoms with Crippen molar-refractivity contribution in [1.29, 1.82) is 0 Å². The summed E-state index contributed by atoms with van der Waals surface area (Å²) in [5.41, 5.74) is 1.41. The van der Waals surface area contributed by atoms with E-state index in [9.17, 15) is 4.39 Å². The average Bonchev–Trinajstić information content (AvgIpc) is 2.41. The first kappa shape index (κ1) is 14.8. The fourth-order valence-electron chi connectivity index (χ4n) is 1.75. The summed E-state index contributed by atoms with van der Waals surface area (Å²) in [5, 5.41) is 4.03. The van der Waals surface area contributed by atoms with Crippen molar-refractivity contribution in [1.82, 2.24) is 4.90 Å². The van der Waals surface area contributed by atoms with Crippen LogP contribution in [0.2, 0.25) is 5.02 Å². The molecule has 0 saturated carbocycles. The number of halogens is 2. The molecule has 2 nitrogen and oxygen atoms in total. The van der Waals surface area contributed by atoms with Crippen molar-refractivity contribution in [3.05, 3.63) is 64.9 Å². The first-order valence-corrected chi connectivity index (χ1v) is 6.86. The van der Waals surface area contributed by atoms with Gasteiger partial charge in [-0.2, -0.15) is 0 Å². The first-order valence-electron chi connectivity index (χ1n) is 6.07. The minimum Gasteiger partial charge on any atom is -0.348 e. The van der Waals surface area contributed by atoms with Gasteiger partial charge >= 0.3 is 0 Å². The molecule has 0 amide bonds. The lowest BCUT2D eigenvalue weighted by Crippen LogP contribution is -2.30. The van der Waals surface area contributed by atoms with Gasteiger partial charge in [0.05, 0.1) is 5.69 Å². The third-order valence-corrected chi connectivity index (χ3v) is 3.42. The summed E-state index contributed by atoms with van der Waals surface area (Å²) in [5.74, 6) is -0.328. The molecule has 0 bridgehead atoms. The first-order chi connectivity index (χ1) is 9.56. The van der Waals surface area contributed by atoms with Crippen molar-refractivity contribution in [2.75, 3.05) is 12.4 Å². The smallest absolute Gasteiger partial charge is 0.173 e. The molecule has 1 N–H and O–H groups in total. The van der Waals surface area contributed by atoms with Gasteiger partial charge in [0.25, 0.3) is 0 Å². The van der Waals surface area contributed by atoms with Gasteiger partial charge in [-0.15, -0.1) is 0 Å². The van der Waals surface area contributed by atoms with Crippen LogP contribution in [0.15, 0.2) is 48.5 Å². The molecule has 0 atom stereocenters. The van der Waals surface area contributed by atoms with Gasteiger partial charge in [-0.1, -0.05) is 35.9 Å². The van der Waals surface area contributed by atoms with E-state index < -0.39 is 0 Å². The van der Waals surface area contributed by atoms with Crippen molar-refractivity contribution in [3.63, 3.8) is 0 Å². The van der Waals surface area contributed by atoms with E-state index in [-0.39, 0.29) is 5.82 Å². The fraction of sp³-hybridized carbons (Fsp3) is 0.133. The zero-order valence-corrected chi connectivity index (χ0v) is 12.5. The zero-order valence-electron chi connectivity index (χ0n) is 10.9. The monoisotopic (exact) mass is 308 g/mol. The Kier molecular flexibility index (Phi) is 4.93. The van der Waals surface area contributed by atoms with E-state index in [1.54, 1.807) is 18.2 Å². The Morgan fingerprint density at radius 1 is 1.25 bits per heavy atom. The Bertz CT molecular complexity index is 618. The largest absolute Gasteiger partial charge is 0.348 e. The number of nitrogens with one attached hydrogen (secondary N) is 1. The SMILES string of the molecule is CN(Cc1cccc(Cl)c1)C(=S)Nc1ccccc1F. The summed E-state index contributed by atoms with van der Waals surface area (Å²) in [4.78, 5) is 1.83. The van der Waals surface area contributed by atoms with Crippen LogP contribution in [0.25, 0.3) is 0 Å². The second-order valence-corrected chi connectivity index (χ2v) is 5.22. The van der Waals surface area contributed by atoms with Crippen LogP contribution in [0.5, 0.6) is 0 Å². The van der Waals surface area contributed by atoms with Crippen LogP contribution in [0.4, 0.5) is 10.1 Å². The normalized spacial score (nSPS) is 10.2. The molecular formula is C15H14ClFN2S. The van der Waals surface area contributed by atoms with Crippen molar-refractivity contribution >= 4 is 34.6 Å². The minimum absolute atomic E-state index is 0.328. The number of hydrogen-bond donors (Lipinski definition) is 1. The second-order valence-electron chi connectivity index (χ2n) is 4.40. The summed E-state index contributed by atoms with van der Waals surface area (Å²) >= 11 is 11.2. The molecule has 0 unspecified atom stereocenters. The number of anilines is 1. The molecule has 0 spiro atoms. The molecule has 0 aliphatic carbocycles. The molecule has 0 aliphatic heterocycles. The van der Waals surface area contributed by atoms with E-state index in [2.05, 4.69) is 5.32 Å². The van der Waals surface area contributed by atoms with E-state index in [0.29, 0.717) is 22.4 Å². The molecule has 0 fully saturated rings. The number of nitrogens with zero attached hydrogens (tertiary/aromatic N) is 1. The van der Waals surface area contributed by atoms with Gasteiger partial charge in [0.2, 0.25) is 0 Å². The maximum atomic E-state index is 13.5. The van der Waals surface area contributed by atoms with Crippen molar-refractivity contribution in [3.8, 4) is 0 Å². The van der Waals surface area contributed by atoms with Crippen LogP contribution >= 0.6 is 23.8 Å². The Morgan fingerprint density at radius 3 is 2.70 bits per heavy atom. The molecule has 0 aliphatic rings. The lowest BCUT2D eigenvalue weighted by atomic mass is 10.2. The van der Waals surface area contributed by atoms with Crippen LogP contribution in [-0.4, -0.2) is 17.1 Å². The highest BCUT2D eigenvalue weighted by Gasteiger charge is 2.08. The van der Waals surface area contributed by atoms with Crippen LogP contribution < -0.4 is 5.32 Å². The van der Waals surface area contributed by atoms with Gasteiger partial charge in [0.15, 0.2) is 5.11 Å². The van der Waals surface area contributed by atoms with E-state index >= 15 is 0 Å². The van der Waals surface area contributed by atoms with Crippen molar-refractivity contribution < 1.29 is 4.39 Å². The van der Waals surface area contributed by atoms with Crippen molar-refractivity contribution in [2.24, 2.45) is 0 Å². The predicted molar refractivity (Wildman–Crippen MR) is 85.5 cm³/mol. The number of benzene rings is 2. The second kappa shape index (κ2) is 6.68. The molecule has 2 aromatic carbocycles. The molecule has 5 heteroatoms. The molecule has 20 heavy (non-hydrogen) atoms. The molecule has 104 valence electrons. The predicted octanol–water partition coefficient (Wildman–Crippen LogP) is 4.31. The molecule has 0 aromatic heterocycles. The molecule has 2 rings (SSSR count). The van der Waals surface area contributed by atoms with E-state index in [4.69, 9.17) is 23.8 Å². The fourth-order valence-corrected chi connectivity index (χ4v) is 2.14. The van der Waals surface area contributed by atoms with Gasteiger partial charge in [-0.25, -0.2) is 4.39 Å². The van der Waals surface area contributed by atoms with Crippen LogP contribution in [0.1, 0.15) is 5.56 Å². The molecular weight excluding hydrogens is 295 g/mol. The van der Waals surface area contributed by atoms with E-state index in [1.165, 1.54) is 6.07 Å². The standard InChI is InChI=1S/C15H14ClFN2S/c1-19(10-11-5-4-6-12(16)9-11)15(20)18-14-8-3-2-7-13(14)17/h2-9H,10H2,1H3,(H,18,20). The highest BCUT2D eigenvalue weighted by atomic mass is 35.5. The molecule has 0 saturated heterocycles. The van der Waals surface area contributed by atoms with Gasteiger partial charge < -0.3 is 10.2 Å². The van der Waals surface area contributed by atoms with Gasteiger partial charge in [-0.05, 0) is 42.0 Å². The summed E-state index contributed by atoms with van der Waals surface area (Å²) in [6.45, 7) is 0.598. The molecule has 0 heterocycles. The summed E-state index contributed by atoms with van der Waals surface area (Å²) in [6, 6.07) is 14.0. The maximum absolute atomic E-state index is 13.5. The van der Waals surface area contributed by atoms with Crippen LogP contribution in [0, 0.1) is 5.82 Å². The van der Waals surface area contributed by atoms with Gasteiger partial charge in [-0.3, -0.25) is 0 Å². The third kappa shape index (κ3) is 3.92. The number of thiocarbonyl (C=S) groups is 1. The minimum atomic E-state index is -0.328. The molecule has 2 aromatic rings. The number of rotatable bonds is 3. The third-order valence-electron chi connectivity index (χ3n) is 2.77. The topological polar surface area (TPSA) is 15.3 Å². The Labute approximate surface area is 128 Å². The molecule has 0 radical (unpaired) electrons. The summed E-state index contributed by atoms with van der Waals surface area (Å²) in [7, 11) is 1.84. The van der Waals surface area contributed by atoms with E-state index in [1.807, 2.05) is 36.2 Å². The van der Waals surface area contributed by atoms with Crippen molar-refractivity contribution in [2.45, 2.75) is 6.54 Å². The highest BCUT2D eigenvalue weighted by Crippen LogP contribution is 2.15. The summed E-state index contributed by atoms with van der Waals surface area (Å²) in [6.07, 6.45) is 0. The van der Waals surface area contributed by atoms with E-state index in [0.717, 1.165) is 5.56 Å². The Morgan fingerprint density at radius 2 is 2.00 bits per heavy atom. The lowest BCUT2D eigenvalue weighted by molar-refractivity contribution is 0.508. The summed E-state index contributed by atoms with van der Waals surface area (Å²) < 4.78 is 13.5. The van der Waals surface area contributed by atoms with Gasteiger partial charge in [0, 0.05) is 18.6 Å². The van der Waals surface area contributed by atoms with Crippen LogP contribution in [0.3, 0.4) is 0 Å². The number of hydrogen-bond acceptors (Lipinski definition) is 1. The highest BCUT2D eigenvalue weighted by molar-refractivity contribution is 7.80. The van der Waals surface area contributed by atoms with Crippen LogP contribution in [-0.2, 0) is 6.54 Å². The van der Waals surface area contributed by atoms with Gasteiger partial charge in [0.1, 0.15) is 5.82 Å². The quantitative estimate of drug-likeness (QED) is 0.851. The lowest BCUT2D eigenvalue weighted by Gasteiger charge is -2.21.